The second kappa shape index (κ2) is 9.58. The highest BCUT2D eigenvalue weighted by atomic mass is 16.3. The van der Waals surface area contributed by atoms with Crippen LogP contribution in [-0.4, -0.2) is 0 Å². The van der Waals surface area contributed by atoms with Crippen molar-refractivity contribution in [2.24, 2.45) is 0 Å². The predicted octanol–water partition coefficient (Wildman–Crippen LogP) is 12.6. The summed E-state index contributed by atoms with van der Waals surface area (Å²) in [5, 5.41) is 7.34. The molecule has 2 heteroatoms. The van der Waals surface area contributed by atoms with Crippen molar-refractivity contribution in [2.75, 3.05) is 4.90 Å². The van der Waals surface area contributed by atoms with Gasteiger partial charge in [0, 0.05) is 33.6 Å². The third-order valence-corrected chi connectivity index (χ3v) is 11.0. The molecule has 222 valence electrons. The molecule has 0 saturated carbocycles. The van der Waals surface area contributed by atoms with Gasteiger partial charge in [0.15, 0.2) is 0 Å². The van der Waals surface area contributed by atoms with E-state index in [2.05, 4.69) is 160 Å². The van der Waals surface area contributed by atoms with Gasteiger partial charge < -0.3 is 9.32 Å². The topological polar surface area (TPSA) is 16.4 Å². The first-order chi connectivity index (χ1) is 22.3. The molecule has 7 aromatic carbocycles. The monoisotopic (exact) mass is 593 g/mol. The van der Waals surface area contributed by atoms with Gasteiger partial charge in [0.2, 0.25) is 0 Å². The molecular formula is C44H35NO. The largest absolute Gasteiger partial charge is 0.456 e. The summed E-state index contributed by atoms with van der Waals surface area (Å²) in [5.41, 5.74) is 10.7. The van der Waals surface area contributed by atoms with Gasteiger partial charge in [-0.15, -0.1) is 0 Å². The van der Waals surface area contributed by atoms with E-state index in [1.54, 1.807) is 0 Å². The number of nitrogens with zero attached hydrogens (tertiary/aromatic N) is 1. The minimum Gasteiger partial charge on any atom is -0.456 e. The zero-order valence-corrected chi connectivity index (χ0v) is 26.6. The van der Waals surface area contributed by atoms with E-state index in [1.165, 1.54) is 43.8 Å². The molecule has 1 aromatic heterocycles. The summed E-state index contributed by atoms with van der Waals surface area (Å²) >= 11 is 0. The summed E-state index contributed by atoms with van der Waals surface area (Å²) < 4.78 is 6.35. The second-order valence-electron chi connectivity index (χ2n) is 13.8. The molecule has 0 spiro atoms. The fraction of sp³-hybridized carbons (Fsp3) is 0.136. The van der Waals surface area contributed by atoms with Gasteiger partial charge in [-0.05, 0) is 85.6 Å². The van der Waals surface area contributed by atoms with Crippen molar-refractivity contribution in [3.8, 4) is 11.1 Å². The number of fused-ring (bicyclic) bond motifs is 10. The quantitative estimate of drug-likeness (QED) is 0.189. The Bertz CT molecular complexity index is 2480. The third-order valence-electron chi connectivity index (χ3n) is 11.0. The second-order valence-corrected chi connectivity index (χ2v) is 13.8. The number of hydrogen-bond acceptors (Lipinski definition) is 2. The molecule has 0 bridgehead atoms. The van der Waals surface area contributed by atoms with Crippen LogP contribution >= 0.6 is 0 Å². The lowest BCUT2D eigenvalue weighted by atomic mass is 9.55. The van der Waals surface area contributed by atoms with Crippen molar-refractivity contribution in [2.45, 2.75) is 38.5 Å². The average molecular weight is 594 g/mol. The maximum atomic E-state index is 6.35. The zero-order chi connectivity index (χ0) is 31.2. The molecule has 1 aliphatic rings. The predicted molar refractivity (Wildman–Crippen MR) is 195 cm³/mol. The lowest BCUT2D eigenvalue weighted by molar-refractivity contribution is 0.299. The maximum Gasteiger partial charge on any atom is 0.137 e. The highest BCUT2D eigenvalue weighted by molar-refractivity contribution is 6.17. The van der Waals surface area contributed by atoms with Gasteiger partial charge >= 0.3 is 0 Å². The fourth-order valence-corrected chi connectivity index (χ4v) is 7.94. The summed E-state index contributed by atoms with van der Waals surface area (Å²) in [5.74, 6) is 0. The molecule has 9 rings (SSSR count). The van der Waals surface area contributed by atoms with E-state index in [9.17, 15) is 0 Å². The standard InChI is InChI=1S/C44H35NO/c1-43(2)37-18-10-8-16-36(37)42-35-24-23-32-30(31(35)25-26-38(42)44(43,3)4)17-12-19-39(32)45(28-13-6-5-7-14-28)29-21-22-34-33-15-9-11-20-40(33)46-41(34)27-29/h5-27H,1-4H3. The Hall–Kier alpha value is -5.34. The third kappa shape index (κ3) is 3.64. The fourth-order valence-electron chi connectivity index (χ4n) is 7.94. The normalized spacial score (nSPS) is 14.9. The molecule has 0 N–H and O–H groups in total. The zero-order valence-electron chi connectivity index (χ0n) is 26.6. The minimum absolute atomic E-state index is 0.00537. The van der Waals surface area contributed by atoms with Crippen molar-refractivity contribution >= 4 is 60.5 Å². The molecule has 0 amide bonds. The van der Waals surface area contributed by atoms with Crippen LogP contribution in [0.2, 0.25) is 0 Å². The van der Waals surface area contributed by atoms with Crippen molar-refractivity contribution < 1.29 is 4.42 Å². The maximum absolute atomic E-state index is 6.35. The Morgan fingerprint density at radius 3 is 1.93 bits per heavy atom. The molecule has 1 aliphatic carbocycles. The summed E-state index contributed by atoms with van der Waals surface area (Å²) in [4.78, 5) is 2.36. The molecular weight excluding hydrogens is 558 g/mol. The molecule has 0 fully saturated rings. The van der Waals surface area contributed by atoms with E-state index in [-0.39, 0.29) is 10.8 Å². The Morgan fingerprint density at radius 1 is 0.435 bits per heavy atom. The summed E-state index contributed by atoms with van der Waals surface area (Å²) in [7, 11) is 0. The number of furan rings is 1. The molecule has 2 nitrogen and oxygen atoms in total. The number of hydrogen-bond donors (Lipinski definition) is 0. The van der Waals surface area contributed by atoms with Gasteiger partial charge in [0.1, 0.15) is 11.2 Å². The van der Waals surface area contributed by atoms with E-state index in [0.29, 0.717) is 0 Å². The van der Waals surface area contributed by atoms with Crippen molar-refractivity contribution in [1.29, 1.82) is 0 Å². The molecule has 0 aliphatic heterocycles. The molecule has 0 saturated heterocycles. The van der Waals surface area contributed by atoms with E-state index in [1.807, 2.05) is 12.1 Å². The van der Waals surface area contributed by atoms with Crippen LogP contribution in [0.15, 0.2) is 144 Å². The lowest BCUT2D eigenvalue weighted by Crippen LogP contribution is -2.43. The van der Waals surface area contributed by atoms with Crippen LogP contribution in [0.3, 0.4) is 0 Å². The van der Waals surface area contributed by atoms with Crippen molar-refractivity contribution in [1.82, 2.24) is 0 Å². The van der Waals surface area contributed by atoms with Crippen molar-refractivity contribution in [3.05, 3.63) is 151 Å². The van der Waals surface area contributed by atoms with Crippen molar-refractivity contribution in [3.63, 3.8) is 0 Å². The van der Waals surface area contributed by atoms with Gasteiger partial charge in [0.25, 0.3) is 0 Å². The minimum atomic E-state index is -0.0267. The molecule has 0 radical (unpaired) electrons. The highest BCUT2D eigenvalue weighted by Gasteiger charge is 2.46. The highest BCUT2D eigenvalue weighted by Crippen LogP contribution is 2.56. The Morgan fingerprint density at radius 2 is 1.07 bits per heavy atom. The molecule has 0 atom stereocenters. The van der Waals surface area contributed by atoms with Gasteiger partial charge in [0.05, 0.1) is 5.69 Å². The van der Waals surface area contributed by atoms with Crippen LogP contribution in [0.5, 0.6) is 0 Å². The number of benzene rings is 7. The van der Waals surface area contributed by atoms with Crippen LogP contribution in [0.4, 0.5) is 17.1 Å². The van der Waals surface area contributed by atoms with Crippen LogP contribution < -0.4 is 4.90 Å². The van der Waals surface area contributed by atoms with E-state index in [0.717, 1.165) is 39.0 Å². The molecule has 0 unspecified atom stereocenters. The van der Waals surface area contributed by atoms with Gasteiger partial charge in [-0.2, -0.15) is 0 Å². The van der Waals surface area contributed by atoms with E-state index < -0.39 is 0 Å². The smallest absolute Gasteiger partial charge is 0.137 e. The molecule has 46 heavy (non-hydrogen) atoms. The number of anilines is 3. The van der Waals surface area contributed by atoms with Gasteiger partial charge in [-0.1, -0.05) is 125 Å². The summed E-state index contributed by atoms with van der Waals surface area (Å²) in [6, 6.07) is 50.7. The Balaban J connectivity index is 1.30. The summed E-state index contributed by atoms with van der Waals surface area (Å²) in [6.45, 7) is 9.60. The van der Waals surface area contributed by atoms with E-state index >= 15 is 0 Å². The van der Waals surface area contributed by atoms with Gasteiger partial charge in [-0.25, -0.2) is 0 Å². The van der Waals surface area contributed by atoms with Crippen LogP contribution in [-0.2, 0) is 10.8 Å². The van der Waals surface area contributed by atoms with Gasteiger partial charge in [-0.3, -0.25) is 0 Å². The molecule has 8 aromatic rings. The number of para-hydroxylation sites is 2. The average Bonchev–Trinajstić information content (AvgIpc) is 3.46. The van der Waals surface area contributed by atoms with E-state index in [4.69, 9.17) is 4.42 Å². The number of rotatable bonds is 3. The SMILES string of the molecule is CC1(C)c2ccccc2-c2c(ccc3c2ccc2c(N(c4ccccc4)c4ccc5c(c4)oc4ccccc45)cccc23)C1(C)C. The Labute approximate surface area is 269 Å². The van der Waals surface area contributed by atoms with Crippen LogP contribution in [0.25, 0.3) is 54.6 Å². The first kappa shape index (κ1) is 27.0. The first-order valence-corrected chi connectivity index (χ1v) is 16.2. The first-order valence-electron chi connectivity index (χ1n) is 16.2. The Kier molecular flexibility index (Phi) is 5.63. The van der Waals surface area contributed by atoms with Crippen LogP contribution in [0.1, 0.15) is 38.8 Å². The van der Waals surface area contributed by atoms with Crippen LogP contribution in [0, 0.1) is 0 Å². The molecule has 1 heterocycles. The summed E-state index contributed by atoms with van der Waals surface area (Å²) in [6.07, 6.45) is 0. The lowest BCUT2D eigenvalue weighted by Gasteiger charge is -2.48.